The SMILES string of the molecule is CC(C)c1ccc(-n2ccnc2SCC(=O)NCc2ccccc2CN2CCOCC2)cc1. The van der Waals surface area contributed by atoms with Gasteiger partial charge in [-0.15, -0.1) is 0 Å². The van der Waals surface area contributed by atoms with Crippen molar-refractivity contribution in [2.24, 2.45) is 0 Å². The summed E-state index contributed by atoms with van der Waals surface area (Å²) in [6, 6.07) is 16.8. The van der Waals surface area contributed by atoms with E-state index >= 15 is 0 Å². The summed E-state index contributed by atoms with van der Waals surface area (Å²) in [4.78, 5) is 19.4. The predicted octanol–water partition coefficient (Wildman–Crippen LogP) is 4.24. The Morgan fingerprint density at radius 2 is 1.82 bits per heavy atom. The second-order valence-corrected chi connectivity index (χ2v) is 9.49. The second-order valence-electron chi connectivity index (χ2n) is 8.55. The van der Waals surface area contributed by atoms with Gasteiger partial charge in [0.05, 0.1) is 19.0 Å². The highest BCUT2D eigenvalue weighted by molar-refractivity contribution is 7.99. The number of aromatic nitrogens is 2. The molecule has 0 aliphatic carbocycles. The molecule has 1 aliphatic rings. The van der Waals surface area contributed by atoms with Crippen LogP contribution < -0.4 is 5.32 Å². The van der Waals surface area contributed by atoms with E-state index in [1.54, 1.807) is 6.20 Å². The molecule has 1 aliphatic heterocycles. The van der Waals surface area contributed by atoms with Crippen LogP contribution in [0.3, 0.4) is 0 Å². The molecule has 33 heavy (non-hydrogen) atoms. The molecule has 1 saturated heterocycles. The van der Waals surface area contributed by atoms with Crippen molar-refractivity contribution in [3.05, 3.63) is 77.6 Å². The van der Waals surface area contributed by atoms with Crippen LogP contribution in [-0.2, 0) is 22.6 Å². The fourth-order valence-corrected chi connectivity index (χ4v) is 4.68. The minimum atomic E-state index is 0.00545. The van der Waals surface area contributed by atoms with E-state index in [0.29, 0.717) is 18.2 Å². The highest BCUT2D eigenvalue weighted by atomic mass is 32.2. The number of thioether (sulfide) groups is 1. The van der Waals surface area contributed by atoms with E-state index in [2.05, 4.69) is 71.5 Å². The van der Waals surface area contributed by atoms with Crippen molar-refractivity contribution < 1.29 is 9.53 Å². The maximum atomic E-state index is 12.6. The Balaban J connectivity index is 1.31. The molecule has 0 bridgehead atoms. The van der Waals surface area contributed by atoms with Crippen LogP contribution in [0.25, 0.3) is 5.69 Å². The first-order valence-electron chi connectivity index (χ1n) is 11.5. The minimum Gasteiger partial charge on any atom is -0.379 e. The first kappa shape index (κ1) is 23.5. The quantitative estimate of drug-likeness (QED) is 0.480. The molecule has 7 heteroatoms. The van der Waals surface area contributed by atoms with Gasteiger partial charge in [0.2, 0.25) is 5.91 Å². The van der Waals surface area contributed by atoms with Gasteiger partial charge in [-0.25, -0.2) is 4.98 Å². The van der Waals surface area contributed by atoms with Gasteiger partial charge in [-0.05, 0) is 34.7 Å². The van der Waals surface area contributed by atoms with E-state index in [0.717, 1.165) is 49.3 Å². The van der Waals surface area contributed by atoms with Gasteiger partial charge in [-0.2, -0.15) is 0 Å². The van der Waals surface area contributed by atoms with Crippen molar-refractivity contribution in [3.8, 4) is 5.69 Å². The Morgan fingerprint density at radius 1 is 1.09 bits per heavy atom. The van der Waals surface area contributed by atoms with Crippen molar-refractivity contribution in [1.82, 2.24) is 19.8 Å². The van der Waals surface area contributed by atoms with Gasteiger partial charge in [-0.3, -0.25) is 14.3 Å². The summed E-state index contributed by atoms with van der Waals surface area (Å²) in [6.45, 7) is 9.26. The summed E-state index contributed by atoms with van der Waals surface area (Å²) in [5.74, 6) is 0.830. The summed E-state index contributed by atoms with van der Waals surface area (Å²) >= 11 is 1.45. The molecule has 1 amide bonds. The van der Waals surface area contributed by atoms with E-state index < -0.39 is 0 Å². The van der Waals surface area contributed by atoms with E-state index in [1.807, 2.05) is 16.8 Å². The molecule has 2 heterocycles. The molecule has 6 nitrogen and oxygen atoms in total. The standard InChI is InChI=1S/C26H32N4O2S/c1-20(2)21-7-9-24(10-8-21)30-12-11-27-26(30)33-19-25(31)28-17-22-5-3-4-6-23(22)18-29-13-15-32-16-14-29/h3-12,20H,13-19H2,1-2H3,(H,28,31). The van der Waals surface area contributed by atoms with Gasteiger partial charge in [0.15, 0.2) is 5.16 Å². The number of nitrogens with zero attached hydrogens (tertiary/aromatic N) is 3. The van der Waals surface area contributed by atoms with Crippen LogP contribution in [0.4, 0.5) is 0 Å². The van der Waals surface area contributed by atoms with E-state index in [1.165, 1.54) is 22.9 Å². The highest BCUT2D eigenvalue weighted by Gasteiger charge is 2.14. The number of benzene rings is 2. The Morgan fingerprint density at radius 3 is 2.55 bits per heavy atom. The Labute approximate surface area is 200 Å². The number of carbonyl (C=O) groups excluding carboxylic acids is 1. The second kappa shape index (κ2) is 11.5. The monoisotopic (exact) mass is 464 g/mol. The highest BCUT2D eigenvalue weighted by Crippen LogP contribution is 2.22. The third-order valence-electron chi connectivity index (χ3n) is 5.87. The van der Waals surface area contributed by atoms with Crippen molar-refractivity contribution in [2.45, 2.75) is 38.0 Å². The summed E-state index contributed by atoms with van der Waals surface area (Å²) in [5.41, 5.74) is 4.78. The summed E-state index contributed by atoms with van der Waals surface area (Å²) in [7, 11) is 0. The molecule has 1 N–H and O–H groups in total. The smallest absolute Gasteiger partial charge is 0.230 e. The van der Waals surface area contributed by atoms with Gasteiger partial charge in [0.1, 0.15) is 0 Å². The van der Waals surface area contributed by atoms with Crippen LogP contribution in [-0.4, -0.2) is 52.4 Å². The number of ether oxygens (including phenoxy) is 1. The topological polar surface area (TPSA) is 59.4 Å². The Hall–Kier alpha value is -2.61. The molecular formula is C26H32N4O2S. The maximum absolute atomic E-state index is 12.6. The van der Waals surface area contributed by atoms with E-state index in [9.17, 15) is 4.79 Å². The van der Waals surface area contributed by atoms with Crippen molar-refractivity contribution in [2.75, 3.05) is 32.1 Å². The fourth-order valence-electron chi connectivity index (χ4n) is 3.87. The number of hydrogen-bond donors (Lipinski definition) is 1. The summed E-state index contributed by atoms with van der Waals surface area (Å²) < 4.78 is 7.47. The average molecular weight is 465 g/mol. The van der Waals surface area contributed by atoms with Crippen LogP contribution in [0.1, 0.15) is 36.5 Å². The molecule has 0 radical (unpaired) electrons. The molecule has 0 spiro atoms. The van der Waals surface area contributed by atoms with Gasteiger partial charge in [0, 0.05) is 44.3 Å². The summed E-state index contributed by atoms with van der Waals surface area (Å²) in [6.07, 6.45) is 3.71. The molecule has 4 rings (SSSR count). The summed E-state index contributed by atoms with van der Waals surface area (Å²) in [5, 5.41) is 3.89. The van der Waals surface area contributed by atoms with Crippen LogP contribution in [0.5, 0.6) is 0 Å². The zero-order valence-electron chi connectivity index (χ0n) is 19.4. The third kappa shape index (κ3) is 6.47. The first-order chi connectivity index (χ1) is 16.1. The number of imidazole rings is 1. The van der Waals surface area contributed by atoms with Crippen LogP contribution >= 0.6 is 11.8 Å². The normalized spacial score (nSPS) is 14.5. The number of hydrogen-bond acceptors (Lipinski definition) is 5. The van der Waals surface area contributed by atoms with Gasteiger partial charge < -0.3 is 10.1 Å². The number of amides is 1. The average Bonchev–Trinajstić information content (AvgIpc) is 3.31. The molecule has 2 aromatic carbocycles. The molecule has 1 fully saturated rings. The largest absolute Gasteiger partial charge is 0.379 e. The third-order valence-corrected chi connectivity index (χ3v) is 6.84. The van der Waals surface area contributed by atoms with Gasteiger partial charge >= 0.3 is 0 Å². The van der Waals surface area contributed by atoms with Crippen LogP contribution in [0.15, 0.2) is 66.1 Å². The molecule has 0 atom stereocenters. The number of carbonyl (C=O) groups is 1. The first-order valence-corrected chi connectivity index (χ1v) is 12.5. The van der Waals surface area contributed by atoms with Crippen LogP contribution in [0.2, 0.25) is 0 Å². The Kier molecular flexibility index (Phi) is 8.20. The maximum Gasteiger partial charge on any atom is 0.230 e. The molecule has 174 valence electrons. The van der Waals surface area contributed by atoms with Gasteiger partial charge in [0.25, 0.3) is 0 Å². The lowest BCUT2D eigenvalue weighted by atomic mass is 10.0. The molecule has 0 unspecified atom stereocenters. The van der Waals surface area contributed by atoms with Crippen molar-refractivity contribution in [1.29, 1.82) is 0 Å². The lowest BCUT2D eigenvalue weighted by Crippen LogP contribution is -2.36. The number of rotatable bonds is 9. The molecular weight excluding hydrogens is 432 g/mol. The molecule has 3 aromatic rings. The molecule has 0 saturated carbocycles. The van der Waals surface area contributed by atoms with E-state index in [4.69, 9.17) is 4.74 Å². The lowest BCUT2D eigenvalue weighted by Gasteiger charge is -2.27. The zero-order chi connectivity index (χ0) is 23.0. The zero-order valence-corrected chi connectivity index (χ0v) is 20.2. The van der Waals surface area contributed by atoms with E-state index in [-0.39, 0.29) is 5.91 Å². The van der Waals surface area contributed by atoms with Gasteiger partial charge in [-0.1, -0.05) is 62.0 Å². The fraction of sp³-hybridized carbons (Fsp3) is 0.385. The van der Waals surface area contributed by atoms with Crippen molar-refractivity contribution in [3.63, 3.8) is 0 Å². The van der Waals surface area contributed by atoms with Crippen LogP contribution in [0, 0.1) is 0 Å². The van der Waals surface area contributed by atoms with Crippen molar-refractivity contribution >= 4 is 17.7 Å². The lowest BCUT2D eigenvalue weighted by molar-refractivity contribution is -0.118. The number of nitrogens with one attached hydrogen (secondary N) is 1. The molecule has 1 aromatic heterocycles. The number of morpholine rings is 1. The predicted molar refractivity (Wildman–Crippen MR) is 133 cm³/mol. The minimum absolute atomic E-state index is 0.00545. The Bertz CT molecular complexity index is 1040.